The van der Waals surface area contributed by atoms with Gasteiger partial charge in [-0.2, -0.15) is 10.2 Å². The molecule has 0 aliphatic rings. The molecule has 0 saturated heterocycles. The number of anilines is 4. The number of aromatic amines is 2. The molecule has 0 unspecified atom stereocenters. The van der Waals surface area contributed by atoms with E-state index in [-0.39, 0.29) is 49.9 Å². The Hall–Kier alpha value is -6.12. The van der Waals surface area contributed by atoms with Gasteiger partial charge in [0.15, 0.2) is 58.2 Å². The summed E-state index contributed by atoms with van der Waals surface area (Å²) in [4.78, 5) is 0. The van der Waals surface area contributed by atoms with E-state index in [1.165, 1.54) is 12.1 Å². The van der Waals surface area contributed by atoms with Crippen molar-refractivity contribution in [1.29, 1.82) is 0 Å². The van der Waals surface area contributed by atoms with E-state index in [1.807, 2.05) is 30.3 Å². The molecule has 8 rings (SSSR count). The molecule has 16 heteroatoms. The average Bonchev–Trinajstić information content (AvgIpc) is 3.78. The van der Waals surface area contributed by atoms with Crippen LogP contribution in [0.5, 0.6) is 0 Å². The number of H-pyrrole nitrogens is 2. The summed E-state index contributed by atoms with van der Waals surface area (Å²) in [5.41, 5.74) is 1.35. The number of rotatable bonds is 6. The molecule has 6 aromatic carbocycles. The number of halogens is 10. The molecule has 0 radical (unpaired) electrons. The first-order valence-corrected chi connectivity index (χ1v) is 16.3. The third-order valence-corrected chi connectivity index (χ3v) is 8.93. The summed E-state index contributed by atoms with van der Waals surface area (Å²) in [6, 6.07) is 24.3. The van der Waals surface area contributed by atoms with Gasteiger partial charge < -0.3 is 10.6 Å². The smallest absolute Gasteiger partial charge is 0.185 e. The zero-order valence-electron chi connectivity index (χ0n) is 26.9. The number of nitrogens with zero attached hydrogens (tertiary/aromatic N) is 2. The van der Waals surface area contributed by atoms with E-state index in [0.29, 0.717) is 22.1 Å². The fraction of sp³-hybridized carbons (Fsp3) is 0. The fourth-order valence-electron chi connectivity index (χ4n) is 5.55. The lowest BCUT2D eigenvalue weighted by Gasteiger charge is -2.10. The predicted molar refractivity (Wildman–Crippen MR) is 192 cm³/mol. The minimum Gasteiger partial charge on any atom is -0.338 e. The summed E-state index contributed by atoms with van der Waals surface area (Å²) in [6.45, 7) is 0. The van der Waals surface area contributed by atoms with Crippen molar-refractivity contribution in [1.82, 2.24) is 20.4 Å². The molecule has 0 atom stereocenters. The topological polar surface area (TPSA) is 81.4 Å². The van der Waals surface area contributed by atoms with Crippen LogP contribution < -0.4 is 10.6 Å². The molecule has 0 aliphatic heterocycles. The highest BCUT2D eigenvalue weighted by Gasteiger charge is 2.23. The van der Waals surface area contributed by atoms with Crippen molar-refractivity contribution >= 4 is 68.0 Å². The third kappa shape index (κ3) is 6.76. The number of fused-ring (bicyclic) bond motifs is 2. The number of nitrogens with one attached hydrogen (secondary N) is 4. The van der Waals surface area contributed by atoms with Crippen molar-refractivity contribution in [2.45, 2.75) is 0 Å². The zero-order valence-corrected chi connectivity index (χ0v) is 28.4. The van der Waals surface area contributed by atoms with Crippen molar-refractivity contribution in [3.63, 3.8) is 0 Å². The summed E-state index contributed by atoms with van der Waals surface area (Å²) in [5.74, 6) is -9.79. The van der Waals surface area contributed by atoms with Gasteiger partial charge in [-0.1, -0.05) is 83.9 Å². The second kappa shape index (κ2) is 14.7. The molecular weight excluding hydrogens is 763 g/mol. The molecule has 2 aromatic heterocycles. The molecule has 2 heterocycles. The van der Waals surface area contributed by atoms with Crippen LogP contribution in [0.15, 0.2) is 97.1 Å². The second-order valence-electron chi connectivity index (χ2n) is 11.5. The molecule has 0 aliphatic carbocycles. The molecular formula is C38H20Cl2F8N6. The van der Waals surface area contributed by atoms with Crippen molar-refractivity contribution in [3.8, 4) is 22.3 Å². The standard InChI is InChI=1S/C19H9ClF5N3.C19H11ClF3N3/c20-13-9(8-4-2-1-3-5-8)6-10-17(16(13)25)27-28-19(10)26-18-14(23)11(21)7-12(22)15(18)24;20-16-12(10-4-2-1-3-5-10)9-13-18(17(16)23)25-26-19(13)24-11-6-7-14(21)15(22)8-11/h1-7H,(H2,26,27,28);1-9H,(H2,24,25,26). The van der Waals surface area contributed by atoms with Crippen LogP contribution in [0, 0.1) is 46.5 Å². The Morgan fingerprint density at radius 2 is 0.926 bits per heavy atom. The van der Waals surface area contributed by atoms with Gasteiger partial charge in [-0.25, -0.2) is 35.1 Å². The van der Waals surface area contributed by atoms with Gasteiger partial charge in [0.25, 0.3) is 0 Å². The van der Waals surface area contributed by atoms with Crippen LogP contribution in [0.4, 0.5) is 58.1 Å². The number of benzene rings is 6. The van der Waals surface area contributed by atoms with Crippen LogP contribution in [0.25, 0.3) is 44.1 Å². The summed E-state index contributed by atoms with van der Waals surface area (Å²) in [6.07, 6.45) is 0. The fourth-order valence-corrected chi connectivity index (χ4v) is 6.06. The molecule has 0 bridgehead atoms. The number of hydrogen-bond acceptors (Lipinski definition) is 4. The Labute approximate surface area is 309 Å². The predicted octanol–water partition coefficient (Wildman–Crippen LogP) is 12.4. The van der Waals surface area contributed by atoms with E-state index in [9.17, 15) is 35.1 Å². The van der Waals surface area contributed by atoms with Crippen LogP contribution in [-0.2, 0) is 0 Å². The monoisotopic (exact) mass is 782 g/mol. The van der Waals surface area contributed by atoms with E-state index in [1.54, 1.807) is 36.4 Å². The Balaban J connectivity index is 0.000000167. The maximum absolute atomic E-state index is 14.7. The van der Waals surface area contributed by atoms with Gasteiger partial charge >= 0.3 is 0 Å². The molecule has 0 amide bonds. The lowest BCUT2D eigenvalue weighted by atomic mass is 10.0. The molecule has 6 nitrogen and oxygen atoms in total. The number of aromatic nitrogens is 4. The summed E-state index contributed by atoms with van der Waals surface area (Å²) >= 11 is 12.3. The van der Waals surface area contributed by atoms with E-state index >= 15 is 0 Å². The van der Waals surface area contributed by atoms with E-state index in [0.717, 1.165) is 17.7 Å². The van der Waals surface area contributed by atoms with Crippen molar-refractivity contribution in [2.75, 3.05) is 10.6 Å². The van der Waals surface area contributed by atoms with Gasteiger partial charge in [-0.3, -0.25) is 10.2 Å². The van der Waals surface area contributed by atoms with Crippen molar-refractivity contribution in [2.24, 2.45) is 0 Å². The summed E-state index contributed by atoms with van der Waals surface area (Å²) < 4.78 is 111. The van der Waals surface area contributed by atoms with Crippen LogP contribution >= 0.6 is 23.2 Å². The first-order chi connectivity index (χ1) is 25.9. The van der Waals surface area contributed by atoms with Gasteiger partial charge in [0, 0.05) is 39.7 Å². The van der Waals surface area contributed by atoms with Crippen LogP contribution in [0.2, 0.25) is 10.0 Å². The van der Waals surface area contributed by atoms with E-state index < -0.39 is 52.2 Å². The van der Waals surface area contributed by atoms with Gasteiger partial charge in [-0.05, 0) is 35.4 Å². The highest BCUT2D eigenvalue weighted by atomic mass is 35.5. The Morgan fingerprint density at radius 1 is 0.463 bits per heavy atom. The minimum absolute atomic E-state index is 0.0215. The van der Waals surface area contributed by atoms with Gasteiger partial charge in [0.05, 0.1) is 10.0 Å². The molecule has 0 fully saturated rings. The Bertz CT molecular complexity index is 2660. The van der Waals surface area contributed by atoms with Crippen LogP contribution in [0.3, 0.4) is 0 Å². The second-order valence-corrected chi connectivity index (χ2v) is 12.3. The van der Waals surface area contributed by atoms with E-state index in [2.05, 4.69) is 31.0 Å². The van der Waals surface area contributed by atoms with E-state index in [4.69, 9.17) is 23.2 Å². The zero-order chi connectivity index (χ0) is 38.3. The molecule has 4 N–H and O–H groups in total. The average molecular weight is 784 g/mol. The first-order valence-electron chi connectivity index (χ1n) is 15.6. The molecule has 0 saturated carbocycles. The maximum atomic E-state index is 14.7. The lowest BCUT2D eigenvalue weighted by molar-refractivity contribution is 0.459. The van der Waals surface area contributed by atoms with Crippen LogP contribution in [-0.4, -0.2) is 20.4 Å². The minimum atomic E-state index is -1.63. The van der Waals surface area contributed by atoms with Gasteiger partial charge in [0.2, 0.25) is 0 Å². The lowest BCUT2D eigenvalue weighted by Crippen LogP contribution is -2.03. The Morgan fingerprint density at radius 3 is 1.39 bits per heavy atom. The molecule has 54 heavy (non-hydrogen) atoms. The van der Waals surface area contributed by atoms with Gasteiger partial charge in [0.1, 0.15) is 16.7 Å². The van der Waals surface area contributed by atoms with Crippen molar-refractivity contribution in [3.05, 3.63) is 154 Å². The highest BCUT2D eigenvalue weighted by Crippen LogP contribution is 2.39. The number of hydrogen-bond donors (Lipinski definition) is 4. The Kier molecular flexibility index (Phi) is 9.88. The van der Waals surface area contributed by atoms with Crippen LogP contribution in [0.1, 0.15) is 0 Å². The summed E-state index contributed by atoms with van der Waals surface area (Å²) in [5, 5.41) is 18.1. The molecule has 0 spiro atoms. The van der Waals surface area contributed by atoms with Crippen molar-refractivity contribution < 1.29 is 35.1 Å². The van der Waals surface area contributed by atoms with Gasteiger partial charge in [-0.15, -0.1) is 0 Å². The molecule has 8 aromatic rings. The SMILES string of the molecule is Fc1cc(F)c(F)c(Nc2n[nH]c3c(F)c(Cl)c(-c4ccccc4)cc23)c1F.Fc1ccc(Nc2n[nH]c3c(F)c(Cl)c(-c4ccccc4)cc23)cc1F. The first kappa shape index (κ1) is 36.2. The highest BCUT2D eigenvalue weighted by molar-refractivity contribution is 6.35. The largest absolute Gasteiger partial charge is 0.338 e. The third-order valence-electron chi connectivity index (χ3n) is 8.19. The molecule has 272 valence electrons. The quantitative estimate of drug-likeness (QED) is 0.1000. The normalized spacial score (nSPS) is 11.1. The summed E-state index contributed by atoms with van der Waals surface area (Å²) in [7, 11) is 0. The maximum Gasteiger partial charge on any atom is 0.185 e.